The van der Waals surface area contributed by atoms with E-state index in [1.165, 1.54) is 0 Å². The van der Waals surface area contributed by atoms with Gasteiger partial charge in [0, 0.05) is 37.4 Å². The van der Waals surface area contributed by atoms with Crippen molar-refractivity contribution < 1.29 is 14.3 Å². The number of carbonyl (C=O) groups excluding carboxylic acids is 1. The zero-order valence-corrected chi connectivity index (χ0v) is 12.6. The van der Waals surface area contributed by atoms with Crippen molar-refractivity contribution in [1.29, 1.82) is 0 Å². The maximum absolute atomic E-state index is 12.0. The molecule has 1 atom stereocenters. The third kappa shape index (κ3) is 4.34. The van der Waals surface area contributed by atoms with Gasteiger partial charge in [-0.15, -0.1) is 0 Å². The summed E-state index contributed by atoms with van der Waals surface area (Å²) in [6.07, 6.45) is 1.46. The van der Waals surface area contributed by atoms with Gasteiger partial charge in [0.2, 0.25) is 5.91 Å². The van der Waals surface area contributed by atoms with Crippen LogP contribution in [0.4, 0.5) is 11.4 Å². The van der Waals surface area contributed by atoms with Crippen LogP contribution in [-0.2, 0) is 9.53 Å². The summed E-state index contributed by atoms with van der Waals surface area (Å²) in [4.78, 5) is 14.2. The minimum Gasteiger partial charge on any atom is -0.494 e. The number of hydrogen-bond donors (Lipinski definition) is 2. The first kappa shape index (κ1) is 15.6. The molecular formula is C15H23N3O3. The summed E-state index contributed by atoms with van der Waals surface area (Å²) < 4.78 is 10.6. The first-order valence-corrected chi connectivity index (χ1v) is 7.11. The normalized spacial score (nSPS) is 18.0. The van der Waals surface area contributed by atoms with Crippen LogP contribution < -0.4 is 15.8 Å². The van der Waals surface area contributed by atoms with E-state index in [2.05, 4.69) is 10.2 Å². The number of carbonyl (C=O) groups is 1. The Bertz CT molecular complexity index is 487. The van der Waals surface area contributed by atoms with Gasteiger partial charge >= 0.3 is 0 Å². The first-order valence-electron chi connectivity index (χ1n) is 7.11. The number of ether oxygens (including phenoxy) is 2. The lowest BCUT2D eigenvalue weighted by Crippen LogP contribution is -2.34. The molecule has 6 nitrogen and oxygen atoms in total. The average molecular weight is 293 g/mol. The molecule has 21 heavy (non-hydrogen) atoms. The van der Waals surface area contributed by atoms with Gasteiger partial charge in [0.1, 0.15) is 5.75 Å². The van der Waals surface area contributed by atoms with E-state index in [0.717, 1.165) is 19.6 Å². The Kier molecular flexibility index (Phi) is 5.41. The second-order valence-electron chi connectivity index (χ2n) is 5.26. The Morgan fingerprint density at radius 3 is 3.05 bits per heavy atom. The fourth-order valence-electron chi connectivity index (χ4n) is 2.35. The van der Waals surface area contributed by atoms with Gasteiger partial charge in [0.15, 0.2) is 0 Å². The summed E-state index contributed by atoms with van der Waals surface area (Å²) in [6.45, 7) is 2.27. The fraction of sp³-hybridized carbons (Fsp3) is 0.533. The van der Waals surface area contributed by atoms with Gasteiger partial charge in [-0.25, -0.2) is 0 Å². The molecule has 1 aliphatic heterocycles. The molecule has 0 spiro atoms. The molecule has 0 bridgehead atoms. The topological polar surface area (TPSA) is 76.8 Å². The Morgan fingerprint density at radius 2 is 2.38 bits per heavy atom. The van der Waals surface area contributed by atoms with Gasteiger partial charge in [-0.2, -0.15) is 0 Å². The van der Waals surface area contributed by atoms with Gasteiger partial charge < -0.3 is 25.4 Å². The maximum atomic E-state index is 12.0. The number of likely N-dealkylation sites (N-methyl/N-ethyl adjacent to an activating group) is 1. The molecular weight excluding hydrogens is 270 g/mol. The number of nitrogens with zero attached hydrogens (tertiary/aromatic N) is 1. The molecule has 6 heteroatoms. The molecule has 3 N–H and O–H groups in total. The van der Waals surface area contributed by atoms with Crippen LogP contribution in [0.5, 0.6) is 5.75 Å². The van der Waals surface area contributed by atoms with Crippen molar-refractivity contribution in [1.82, 2.24) is 4.90 Å². The molecule has 1 amide bonds. The molecule has 2 rings (SSSR count). The Morgan fingerprint density at radius 1 is 1.57 bits per heavy atom. The van der Waals surface area contributed by atoms with Crippen LogP contribution in [0, 0.1) is 0 Å². The largest absolute Gasteiger partial charge is 0.494 e. The number of benzene rings is 1. The number of anilines is 2. The first-order chi connectivity index (χ1) is 10.1. The third-order valence-electron chi connectivity index (χ3n) is 3.72. The lowest BCUT2D eigenvalue weighted by Gasteiger charge is -2.22. The summed E-state index contributed by atoms with van der Waals surface area (Å²) in [6, 6.07) is 5.60. The van der Waals surface area contributed by atoms with Crippen molar-refractivity contribution in [2.24, 2.45) is 0 Å². The van der Waals surface area contributed by atoms with Crippen molar-refractivity contribution in [2.45, 2.75) is 18.9 Å². The molecule has 1 aliphatic rings. The number of nitrogen functional groups attached to an aromatic ring is 1. The highest BCUT2D eigenvalue weighted by Crippen LogP contribution is 2.26. The zero-order valence-electron chi connectivity index (χ0n) is 12.6. The molecule has 1 aromatic rings. The van der Waals surface area contributed by atoms with Crippen molar-refractivity contribution in [3.8, 4) is 5.75 Å². The van der Waals surface area contributed by atoms with E-state index in [4.69, 9.17) is 15.2 Å². The van der Waals surface area contributed by atoms with Crippen LogP contribution in [0.1, 0.15) is 12.8 Å². The van der Waals surface area contributed by atoms with Crippen LogP contribution in [0.2, 0.25) is 0 Å². The highest BCUT2D eigenvalue weighted by Gasteiger charge is 2.20. The second kappa shape index (κ2) is 7.28. The van der Waals surface area contributed by atoms with Crippen LogP contribution in [-0.4, -0.2) is 50.8 Å². The summed E-state index contributed by atoms with van der Waals surface area (Å²) in [7, 11) is 3.58. The molecule has 1 heterocycles. The van der Waals surface area contributed by atoms with E-state index in [9.17, 15) is 4.79 Å². The Balaban J connectivity index is 1.84. The number of nitrogens with two attached hydrogens (primary N) is 1. The SMILES string of the molecule is COc1cc(N)ccc1NC(=O)CCN(C)C1CCOC1. The molecule has 1 aromatic carbocycles. The summed E-state index contributed by atoms with van der Waals surface area (Å²) in [5.41, 5.74) is 6.94. The smallest absolute Gasteiger partial charge is 0.225 e. The Hall–Kier alpha value is -1.79. The van der Waals surface area contributed by atoms with E-state index in [1.54, 1.807) is 25.3 Å². The third-order valence-corrected chi connectivity index (χ3v) is 3.72. The average Bonchev–Trinajstić information content (AvgIpc) is 3.01. The lowest BCUT2D eigenvalue weighted by molar-refractivity contribution is -0.116. The van der Waals surface area contributed by atoms with E-state index in [0.29, 0.717) is 36.1 Å². The summed E-state index contributed by atoms with van der Waals surface area (Å²) in [5.74, 6) is 0.532. The van der Waals surface area contributed by atoms with Crippen LogP contribution in [0.15, 0.2) is 18.2 Å². The second-order valence-corrected chi connectivity index (χ2v) is 5.26. The lowest BCUT2D eigenvalue weighted by atomic mass is 10.2. The highest BCUT2D eigenvalue weighted by molar-refractivity contribution is 5.92. The minimum absolute atomic E-state index is 0.0381. The van der Waals surface area contributed by atoms with Gasteiger partial charge in [-0.05, 0) is 25.6 Å². The summed E-state index contributed by atoms with van der Waals surface area (Å²) in [5, 5.41) is 2.86. The number of nitrogens with one attached hydrogen (secondary N) is 1. The molecule has 0 saturated carbocycles. The van der Waals surface area contributed by atoms with Gasteiger partial charge in [0.05, 0.1) is 19.4 Å². The van der Waals surface area contributed by atoms with Crippen molar-refractivity contribution >= 4 is 17.3 Å². The van der Waals surface area contributed by atoms with E-state index in [-0.39, 0.29) is 5.91 Å². The zero-order chi connectivity index (χ0) is 15.2. The number of methoxy groups -OCH3 is 1. The van der Waals surface area contributed by atoms with Crippen LogP contribution >= 0.6 is 0 Å². The molecule has 1 fully saturated rings. The standard InChI is InChI=1S/C15H23N3O3/c1-18(12-6-8-21-10-12)7-5-15(19)17-13-4-3-11(16)9-14(13)20-2/h3-4,9,12H,5-8,10,16H2,1-2H3,(H,17,19). The predicted molar refractivity (Wildman–Crippen MR) is 82.5 cm³/mol. The van der Waals surface area contributed by atoms with Crippen molar-refractivity contribution in [3.05, 3.63) is 18.2 Å². The molecule has 0 radical (unpaired) electrons. The molecule has 0 aromatic heterocycles. The van der Waals surface area contributed by atoms with E-state index in [1.807, 2.05) is 7.05 Å². The Labute approximate surface area is 125 Å². The van der Waals surface area contributed by atoms with E-state index >= 15 is 0 Å². The van der Waals surface area contributed by atoms with Gasteiger partial charge in [0.25, 0.3) is 0 Å². The van der Waals surface area contributed by atoms with Crippen molar-refractivity contribution in [2.75, 3.05) is 45.0 Å². The predicted octanol–water partition coefficient (Wildman–Crippen LogP) is 1.33. The maximum Gasteiger partial charge on any atom is 0.225 e. The fourth-order valence-corrected chi connectivity index (χ4v) is 2.35. The van der Waals surface area contributed by atoms with Gasteiger partial charge in [-0.1, -0.05) is 0 Å². The van der Waals surface area contributed by atoms with Crippen LogP contribution in [0.3, 0.4) is 0 Å². The van der Waals surface area contributed by atoms with E-state index < -0.39 is 0 Å². The molecule has 1 saturated heterocycles. The number of hydrogen-bond acceptors (Lipinski definition) is 5. The van der Waals surface area contributed by atoms with Gasteiger partial charge in [-0.3, -0.25) is 4.79 Å². The summed E-state index contributed by atoms with van der Waals surface area (Å²) >= 11 is 0. The monoisotopic (exact) mass is 293 g/mol. The minimum atomic E-state index is -0.0381. The molecule has 116 valence electrons. The number of rotatable bonds is 6. The highest BCUT2D eigenvalue weighted by atomic mass is 16.5. The quantitative estimate of drug-likeness (QED) is 0.774. The van der Waals surface area contributed by atoms with Crippen LogP contribution in [0.25, 0.3) is 0 Å². The van der Waals surface area contributed by atoms with Crippen molar-refractivity contribution in [3.63, 3.8) is 0 Å². The molecule has 1 unspecified atom stereocenters. The molecule has 0 aliphatic carbocycles. The number of amides is 1.